The monoisotopic (exact) mass is 270 g/mol. The summed E-state index contributed by atoms with van der Waals surface area (Å²) >= 11 is 1.30. The third kappa shape index (κ3) is 2.53. The molecule has 1 radical (unpaired) electrons. The average Bonchev–Trinajstić information content (AvgIpc) is 2.90. The van der Waals surface area contributed by atoms with Crippen LogP contribution in [0.3, 0.4) is 0 Å². The van der Waals surface area contributed by atoms with Crippen LogP contribution in [0.2, 0.25) is 0 Å². The highest BCUT2D eigenvalue weighted by atomic mass is 32.2. The quantitative estimate of drug-likeness (QED) is 0.741. The first-order chi connectivity index (χ1) is 8.13. The van der Waals surface area contributed by atoms with Gasteiger partial charge in [0.2, 0.25) is 0 Å². The minimum atomic E-state index is -3.80. The predicted molar refractivity (Wildman–Crippen MR) is 63.1 cm³/mol. The van der Waals surface area contributed by atoms with E-state index in [9.17, 15) is 13.2 Å². The topological polar surface area (TPSA) is 72.3 Å². The zero-order chi connectivity index (χ0) is 12.3. The number of amides is 1. The van der Waals surface area contributed by atoms with Crippen LogP contribution in [0.4, 0.5) is 0 Å². The predicted octanol–water partition coefficient (Wildman–Crippen LogP) is 0.480. The Morgan fingerprint density at radius 2 is 2.12 bits per heavy atom. The van der Waals surface area contributed by atoms with Crippen LogP contribution in [0.15, 0.2) is 35.4 Å². The third-order valence-electron chi connectivity index (χ3n) is 1.95. The van der Waals surface area contributed by atoms with Crippen LogP contribution in [0.5, 0.6) is 0 Å². The lowest BCUT2D eigenvalue weighted by Gasteiger charge is -2.16. The highest BCUT2D eigenvalue weighted by Gasteiger charge is 2.23. The van der Waals surface area contributed by atoms with Gasteiger partial charge in [-0.15, -0.1) is 15.8 Å². The molecule has 0 fully saturated rings. The van der Waals surface area contributed by atoms with Crippen molar-refractivity contribution >= 4 is 27.8 Å². The molecule has 0 saturated carbocycles. The van der Waals surface area contributed by atoms with Crippen LogP contribution in [0, 0.1) is 0 Å². The van der Waals surface area contributed by atoms with Gasteiger partial charge in [-0.2, -0.15) is 0 Å². The summed E-state index contributed by atoms with van der Waals surface area (Å²) in [7, 11) is -3.80. The Morgan fingerprint density at radius 1 is 1.41 bits per heavy atom. The molecule has 0 aliphatic heterocycles. The van der Waals surface area contributed by atoms with Crippen LogP contribution in [-0.4, -0.2) is 24.5 Å². The number of hydrogen-bond acceptors (Lipinski definition) is 5. The highest BCUT2D eigenvalue weighted by molar-refractivity contribution is 7.92. The van der Waals surface area contributed by atoms with Crippen molar-refractivity contribution in [2.45, 2.75) is 5.75 Å². The molecule has 0 atom stereocenters. The van der Waals surface area contributed by atoms with Crippen LogP contribution >= 0.6 is 11.3 Å². The maximum atomic E-state index is 11.9. The van der Waals surface area contributed by atoms with E-state index in [0.29, 0.717) is 10.1 Å². The van der Waals surface area contributed by atoms with Gasteiger partial charge in [0.1, 0.15) is 5.75 Å². The van der Waals surface area contributed by atoms with E-state index in [1.165, 1.54) is 35.7 Å². The first-order valence-corrected chi connectivity index (χ1v) is 7.10. The molecule has 0 aromatic carbocycles. The molecule has 2 heterocycles. The third-order valence-corrected chi connectivity index (χ3v) is 4.04. The number of thiazole rings is 1. The van der Waals surface area contributed by atoms with E-state index < -0.39 is 10.0 Å². The van der Waals surface area contributed by atoms with Crippen molar-refractivity contribution in [3.8, 4) is 0 Å². The molecule has 89 valence electrons. The molecule has 2 aromatic rings. The lowest BCUT2D eigenvalue weighted by atomic mass is 10.6. The molecule has 17 heavy (non-hydrogen) atoms. The molecule has 0 saturated heterocycles. The summed E-state index contributed by atoms with van der Waals surface area (Å²) in [5.41, 5.74) is 1.94. The van der Waals surface area contributed by atoms with E-state index in [2.05, 4.69) is 4.98 Å². The minimum absolute atomic E-state index is 0.329. The second kappa shape index (κ2) is 4.68. The molecule has 0 unspecified atom stereocenters. The summed E-state index contributed by atoms with van der Waals surface area (Å²) in [6.45, 7) is 0. The number of carbonyl (C=O) groups excluding carboxylic acids is 1. The minimum Gasteiger partial charge on any atom is -0.260 e. The summed E-state index contributed by atoms with van der Waals surface area (Å²) in [5, 5.41) is 1.62. The van der Waals surface area contributed by atoms with Crippen LogP contribution < -0.4 is 4.41 Å². The number of sulfonamides is 1. The number of hydrogen-bond donors (Lipinski definition) is 0. The molecular formula is C9H8N3O3S2. The second-order valence-electron chi connectivity index (χ2n) is 3.13. The Bertz CT molecular complexity index is 575. The maximum Gasteiger partial charge on any atom is 0.348 e. The summed E-state index contributed by atoms with van der Waals surface area (Å²) in [6, 6.07) is 3.23. The standard InChI is InChI=1S/C9H8N3O3S2/c13-8-12(11-3-1-2-4-11)17(14,15)6-9-5-16-7-10-9/h1-5,7H,6H2. The average molecular weight is 270 g/mol. The largest absolute Gasteiger partial charge is 0.348 e. The van der Waals surface area contributed by atoms with Crippen molar-refractivity contribution in [2.75, 3.05) is 4.41 Å². The van der Waals surface area contributed by atoms with E-state index in [0.717, 1.165) is 4.68 Å². The van der Waals surface area contributed by atoms with Gasteiger partial charge in [0.05, 0.1) is 11.2 Å². The number of nitrogens with zero attached hydrogens (tertiary/aromatic N) is 3. The van der Waals surface area contributed by atoms with E-state index >= 15 is 0 Å². The van der Waals surface area contributed by atoms with Crippen LogP contribution in [-0.2, 0) is 20.6 Å². The van der Waals surface area contributed by atoms with Crippen molar-refractivity contribution < 1.29 is 13.2 Å². The van der Waals surface area contributed by atoms with Crippen molar-refractivity contribution in [2.24, 2.45) is 0 Å². The molecule has 2 rings (SSSR count). The van der Waals surface area contributed by atoms with Gasteiger partial charge in [-0.25, -0.2) is 13.4 Å². The first-order valence-electron chi connectivity index (χ1n) is 4.54. The fourth-order valence-electron chi connectivity index (χ4n) is 1.25. The fourth-order valence-corrected chi connectivity index (χ4v) is 3.08. The van der Waals surface area contributed by atoms with Gasteiger partial charge in [0.15, 0.2) is 0 Å². The fraction of sp³-hybridized carbons (Fsp3) is 0.111. The van der Waals surface area contributed by atoms with Gasteiger partial charge in [-0.1, -0.05) is 0 Å². The molecule has 0 bridgehead atoms. The van der Waals surface area contributed by atoms with Crippen LogP contribution in [0.25, 0.3) is 0 Å². The maximum absolute atomic E-state index is 11.9. The van der Waals surface area contributed by atoms with E-state index in [1.807, 2.05) is 0 Å². The van der Waals surface area contributed by atoms with Gasteiger partial charge < -0.3 is 0 Å². The summed E-state index contributed by atoms with van der Waals surface area (Å²) in [6.07, 6.45) is 4.29. The number of aromatic nitrogens is 2. The van der Waals surface area contributed by atoms with Gasteiger partial charge in [0.25, 0.3) is 10.0 Å². The summed E-state index contributed by atoms with van der Waals surface area (Å²) in [5.74, 6) is -0.329. The first kappa shape index (κ1) is 11.8. The van der Waals surface area contributed by atoms with E-state index in [4.69, 9.17) is 0 Å². The highest BCUT2D eigenvalue weighted by Crippen LogP contribution is 2.09. The van der Waals surface area contributed by atoms with Crippen LogP contribution in [0.1, 0.15) is 5.69 Å². The van der Waals surface area contributed by atoms with Crippen molar-refractivity contribution in [1.82, 2.24) is 9.66 Å². The summed E-state index contributed by atoms with van der Waals surface area (Å²) in [4.78, 5) is 14.6. The molecule has 6 nitrogen and oxygen atoms in total. The Balaban J connectivity index is 2.28. The van der Waals surface area contributed by atoms with Gasteiger partial charge in [0, 0.05) is 17.8 Å². The summed E-state index contributed by atoms with van der Waals surface area (Å²) < 4.78 is 25.5. The molecule has 2 aromatic heterocycles. The second-order valence-corrected chi connectivity index (χ2v) is 5.65. The molecule has 8 heteroatoms. The lowest BCUT2D eigenvalue weighted by molar-refractivity contribution is 0.540. The van der Waals surface area contributed by atoms with Crippen molar-refractivity contribution in [1.29, 1.82) is 0 Å². The Morgan fingerprint density at radius 3 is 2.65 bits per heavy atom. The molecule has 0 spiro atoms. The zero-order valence-electron chi connectivity index (χ0n) is 8.55. The Labute approximate surface area is 102 Å². The Hall–Kier alpha value is -1.67. The lowest BCUT2D eigenvalue weighted by Crippen LogP contribution is -2.39. The number of rotatable bonds is 5. The molecular weight excluding hydrogens is 262 g/mol. The molecule has 0 aliphatic rings. The van der Waals surface area contributed by atoms with Gasteiger partial charge in [-0.05, 0) is 12.1 Å². The smallest absolute Gasteiger partial charge is 0.260 e. The van der Waals surface area contributed by atoms with Gasteiger partial charge >= 0.3 is 6.41 Å². The van der Waals surface area contributed by atoms with Crippen molar-refractivity contribution in [3.63, 3.8) is 0 Å². The van der Waals surface area contributed by atoms with E-state index in [-0.39, 0.29) is 5.75 Å². The zero-order valence-corrected chi connectivity index (χ0v) is 10.2. The SMILES string of the molecule is O=[C]N(n1cccc1)S(=O)(=O)Cc1cscn1. The Kier molecular flexibility index (Phi) is 3.25. The molecule has 0 N–H and O–H groups in total. The van der Waals surface area contributed by atoms with E-state index in [1.54, 1.807) is 17.5 Å². The molecule has 1 amide bonds. The molecule has 0 aliphatic carbocycles. The van der Waals surface area contributed by atoms with Crippen molar-refractivity contribution in [3.05, 3.63) is 41.1 Å². The van der Waals surface area contributed by atoms with Gasteiger partial charge in [-0.3, -0.25) is 9.47 Å². The normalized spacial score (nSPS) is 11.3.